The third kappa shape index (κ3) is 5.24. The molecule has 0 aliphatic rings. The van der Waals surface area contributed by atoms with Crippen molar-refractivity contribution in [2.24, 2.45) is 0 Å². The number of carbonyl (C=O) groups is 1. The fourth-order valence-electron chi connectivity index (χ4n) is 2.46. The maximum absolute atomic E-state index is 12.6. The number of hydrogen-bond donors (Lipinski definition) is 1. The number of nitrogens with one attached hydrogen (secondary N) is 1. The highest BCUT2D eigenvalue weighted by Gasteiger charge is 2.30. The Labute approximate surface area is 177 Å². The van der Waals surface area contributed by atoms with Gasteiger partial charge in [-0.1, -0.05) is 23.5 Å². The molecular formula is C18H12F3N3O5S2. The summed E-state index contributed by atoms with van der Waals surface area (Å²) in [6.45, 7) is 0. The van der Waals surface area contributed by atoms with E-state index in [9.17, 15) is 36.5 Å². The Morgan fingerprint density at radius 3 is 2.26 bits per heavy atom. The molecule has 3 rings (SSSR count). The lowest BCUT2D eigenvalue weighted by Crippen LogP contribution is -2.14. The summed E-state index contributed by atoms with van der Waals surface area (Å²) in [6, 6.07) is 8.37. The summed E-state index contributed by atoms with van der Waals surface area (Å²) in [6.07, 6.45) is -3.68. The van der Waals surface area contributed by atoms with Gasteiger partial charge in [0, 0.05) is 12.1 Å². The first-order valence-electron chi connectivity index (χ1n) is 8.38. The molecule has 0 spiro atoms. The Bertz CT molecular complexity index is 1220. The molecule has 1 N–H and O–H groups in total. The van der Waals surface area contributed by atoms with Crippen molar-refractivity contribution in [2.45, 2.75) is 21.7 Å². The second-order valence-corrected chi connectivity index (χ2v) is 9.37. The Morgan fingerprint density at radius 1 is 1.10 bits per heavy atom. The van der Waals surface area contributed by atoms with Gasteiger partial charge in [0.15, 0.2) is 5.13 Å². The van der Waals surface area contributed by atoms with Gasteiger partial charge in [-0.2, -0.15) is 13.2 Å². The van der Waals surface area contributed by atoms with Crippen molar-refractivity contribution in [3.05, 3.63) is 76.0 Å². The highest BCUT2D eigenvalue weighted by molar-refractivity contribution is 7.93. The third-order valence-electron chi connectivity index (χ3n) is 4.00. The number of halogens is 3. The average molecular weight is 471 g/mol. The number of aromatic nitrogens is 1. The normalized spacial score (nSPS) is 11.8. The number of amides is 1. The van der Waals surface area contributed by atoms with E-state index in [2.05, 4.69) is 10.3 Å². The molecule has 2 aromatic carbocycles. The van der Waals surface area contributed by atoms with Crippen molar-refractivity contribution >= 4 is 37.9 Å². The van der Waals surface area contributed by atoms with Gasteiger partial charge in [0.25, 0.3) is 5.69 Å². The van der Waals surface area contributed by atoms with Gasteiger partial charge >= 0.3 is 6.18 Å². The molecule has 31 heavy (non-hydrogen) atoms. The van der Waals surface area contributed by atoms with Crippen molar-refractivity contribution < 1.29 is 31.3 Å². The highest BCUT2D eigenvalue weighted by Crippen LogP contribution is 2.30. The SMILES string of the molecule is O=C(Cc1ccc(C(F)(F)F)cc1)Nc1ncc(S(=O)(=O)c2ccc([N+](=O)[O-])cc2)s1. The van der Waals surface area contributed by atoms with Crippen molar-refractivity contribution in [1.29, 1.82) is 0 Å². The maximum Gasteiger partial charge on any atom is 0.416 e. The summed E-state index contributed by atoms with van der Waals surface area (Å²) in [5.41, 5.74) is -0.766. The lowest BCUT2D eigenvalue weighted by Gasteiger charge is -2.07. The smallest absolute Gasteiger partial charge is 0.302 e. The van der Waals surface area contributed by atoms with E-state index >= 15 is 0 Å². The molecular weight excluding hydrogens is 459 g/mol. The average Bonchev–Trinajstić information content (AvgIpc) is 3.17. The minimum atomic E-state index is -4.48. The molecule has 162 valence electrons. The molecule has 0 unspecified atom stereocenters. The number of hydrogen-bond acceptors (Lipinski definition) is 7. The van der Waals surface area contributed by atoms with Crippen LogP contribution in [0.25, 0.3) is 0 Å². The number of alkyl halides is 3. The van der Waals surface area contributed by atoms with Crippen LogP contribution in [0, 0.1) is 10.1 Å². The van der Waals surface area contributed by atoms with Gasteiger partial charge in [0.1, 0.15) is 4.21 Å². The van der Waals surface area contributed by atoms with Crippen molar-refractivity contribution in [3.8, 4) is 0 Å². The summed E-state index contributed by atoms with van der Waals surface area (Å²) < 4.78 is 62.8. The number of rotatable bonds is 6. The predicted octanol–water partition coefficient (Wildman–Crippen LogP) is 4.08. The van der Waals surface area contributed by atoms with Crippen molar-refractivity contribution in [1.82, 2.24) is 4.98 Å². The summed E-state index contributed by atoms with van der Waals surface area (Å²) in [7, 11) is -4.00. The molecule has 1 amide bonds. The number of nitro benzene ring substituents is 1. The van der Waals surface area contributed by atoms with E-state index in [1.807, 2.05) is 0 Å². The van der Waals surface area contributed by atoms with E-state index in [0.29, 0.717) is 16.9 Å². The quantitative estimate of drug-likeness (QED) is 0.427. The zero-order valence-corrected chi connectivity index (χ0v) is 16.9. The Balaban J connectivity index is 1.69. The minimum absolute atomic E-state index is 0.0163. The van der Waals surface area contributed by atoms with Gasteiger partial charge in [-0.15, -0.1) is 0 Å². The highest BCUT2D eigenvalue weighted by atomic mass is 32.2. The molecule has 3 aromatic rings. The molecule has 0 bridgehead atoms. The standard InChI is InChI=1S/C18H12F3N3O5S2/c19-18(20,21)12-3-1-11(2-4-12)9-15(25)23-17-22-10-16(30-17)31(28,29)14-7-5-13(6-8-14)24(26)27/h1-8,10H,9H2,(H,22,23,25). The zero-order chi connectivity index (χ0) is 22.8. The fourth-order valence-corrected chi connectivity index (χ4v) is 4.91. The lowest BCUT2D eigenvalue weighted by atomic mass is 10.1. The predicted molar refractivity (Wildman–Crippen MR) is 104 cm³/mol. The summed E-state index contributed by atoms with van der Waals surface area (Å²) in [5, 5.41) is 13.1. The molecule has 0 aliphatic carbocycles. The molecule has 1 heterocycles. The molecule has 0 radical (unpaired) electrons. The van der Waals surface area contributed by atoms with E-state index in [0.717, 1.165) is 42.6 Å². The molecule has 0 atom stereocenters. The number of sulfone groups is 1. The first kappa shape index (κ1) is 22.4. The Kier molecular flexibility index (Phi) is 6.08. The number of non-ortho nitro benzene ring substituents is 1. The molecule has 0 aliphatic heterocycles. The minimum Gasteiger partial charge on any atom is -0.302 e. The number of thiazole rings is 1. The van der Waals surface area contributed by atoms with Crippen LogP contribution in [0.5, 0.6) is 0 Å². The first-order chi connectivity index (χ1) is 14.5. The summed E-state index contributed by atoms with van der Waals surface area (Å²) in [4.78, 5) is 25.8. The topological polar surface area (TPSA) is 119 Å². The largest absolute Gasteiger partial charge is 0.416 e. The summed E-state index contributed by atoms with van der Waals surface area (Å²) in [5.74, 6) is -0.589. The van der Waals surface area contributed by atoms with Gasteiger partial charge in [-0.3, -0.25) is 14.9 Å². The van der Waals surface area contributed by atoms with E-state index in [1.165, 1.54) is 12.1 Å². The number of carbonyl (C=O) groups excluding carboxylic acids is 1. The second kappa shape index (κ2) is 8.43. The number of nitro groups is 1. The van der Waals surface area contributed by atoms with Gasteiger partial charge in [-0.05, 0) is 29.8 Å². The van der Waals surface area contributed by atoms with E-state index in [1.54, 1.807) is 0 Å². The Morgan fingerprint density at radius 2 is 1.71 bits per heavy atom. The van der Waals surface area contributed by atoms with Crippen LogP contribution in [0.2, 0.25) is 0 Å². The van der Waals surface area contributed by atoms with E-state index in [-0.39, 0.29) is 26.3 Å². The second-order valence-electron chi connectivity index (χ2n) is 6.16. The monoisotopic (exact) mass is 471 g/mol. The van der Waals surface area contributed by atoms with Crippen LogP contribution in [0.4, 0.5) is 24.0 Å². The fraction of sp³-hybridized carbons (Fsp3) is 0.111. The first-order valence-corrected chi connectivity index (χ1v) is 10.7. The summed E-state index contributed by atoms with van der Waals surface area (Å²) >= 11 is 0.676. The van der Waals surface area contributed by atoms with Crippen molar-refractivity contribution in [3.63, 3.8) is 0 Å². The Hall–Kier alpha value is -3.32. The van der Waals surface area contributed by atoms with Crippen molar-refractivity contribution in [2.75, 3.05) is 5.32 Å². The number of benzene rings is 2. The van der Waals surface area contributed by atoms with Gasteiger partial charge in [0.05, 0.1) is 28.0 Å². The molecule has 0 saturated heterocycles. The third-order valence-corrected chi connectivity index (χ3v) is 7.14. The van der Waals surface area contributed by atoms with Crippen LogP contribution in [0.1, 0.15) is 11.1 Å². The maximum atomic E-state index is 12.6. The van der Waals surface area contributed by atoms with Gasteiger partial charge in [0.2, 0.25) is 15.7 Å². The number of nitrogens with zero attached hydrogens (tertiary/aromatic N) is 2. The number of anilines is 1. The molecule has 0 saturated carbocycles. The molecule has 8 nitrogen and oxygen atoms in total. The van der Waals surface area contributed by atoms with Crippen LogP contribution in [-0.2, 0) is 27.2 Å². The molecule has 0 fully saturated rings. The van der Waals surface area contributed by atoms with Crippen LogP contribution in [0.15, 0.2) is 63.8 Å². The van der Waals surface area contributed by atoms with Gasteiger partial charge in [-0.25, -0.2) is 13.4 Å². The van der Waals surface area contributed by atoms with E-state index in [4.69, 9.17) is 0 Å². The molecule has 1 aromatic heterocycles. The van der Waals surface area contributed by atoms with Crippen LogP contribution in [0.3, 0.4) is 0 Å². The molecule has 13 heteroatoms. The lowest BCUT2D eigenvalue weighted by molar-refractivity contribution is -0.384. The zero-order valence-electron chi connectivity index (χ0n) is 15.3. The van der Waals surface area contributed by atoms with Gasteiger partial charge < -0.3 is 5.32 Å². The van der Waals surface area contributed by atoms with Crippen LogP contribution >= 0.6 is 11.3 Å². The van der Waals surface area contributed by atoms with E-state index < -0.39 is 32.4 Å². The van der Waals surface area contributed by atoms with Crippen LogP contribution in [-0.4, -0.2) is 24.2 Å². The van der Waals surface area contributed by atoms with Crippen LogP contribution < -0.4 is 5.32 Å².